The van der Waals surface area contributed by atoms with Crippen molar-refractivity contribution in [2.75, 3.05) is 6.54 Å². The van der Waals surface area contributed by atoms with Crippen LogP contribution in [0.2, 0.25) is 0 Å². The molecule has 0 unspecified atom stereocenters. The number of hydrogen-bond acceptors (Lipinski definition) is 3. The maximum atomic E-state index is 12.2. The summed E-state index contributed by atoms with van der Waals surface area (Å²) in [6.45, 7) is 15.0. The third kappa shape index (κ3) is 6.03. The van der Waals surface area contributed by atoms with Gasteiger partial charge in [-0.05, 0) is 20.8 Å². The zero-order valence-electron chi connectivity index (χ0n) is 12.9. The van der Waals surface area contributed by atoms with E-state index in [1.807, 2.05) is 34.6 Å². The molecular weight excluding hydrogens is 230 g/mol. The highest BCUT2D eigenvalue weighted by Gasteiger charge is 2.36. The second kappa shape index (κ2) is 5.29. The van der Waals surface area contributed by atoms with E-state index in [9.17, 15) is 9.59 Å². The van der Waals surface area contributed by atoms with Crippen molar-refractivity contribution in [1.82, 2.24) is 5.32 Å². The monoisotopic (exact) mass is 257 g/mol. The highest BCUT2D eigenvalue weighted by molar-refractivity contribution is 5.89. The number of hydrogen-bond donors (Lipinski definition) is 1. The van der Waals surface area contributed by atoms with Crippen LogP contribution in [0.25, 0.3) is 0 Å². The summed E-state index contributed by atoms with van der Waals surface area (Å²) >= 11 is 0. The van der Waals surface area contributed by atoms with Crippen LogP contribution in [0.3, 0.4) is 0 Å². The lowest BCUT2D eigenvalue weighted by molar-refractivity contribution is -0.134. The van der Waals surface area contributed by atoms with Crippen molar-refractivity contribution in [2.24, 2.45) is 10.8 Å². The average Bonchev–Trinajstić information content (AvgIpc) is 2.09. The Morgan fingerprint density at radius 3 is 1.72 bits per heavy atom. The van der Waals surface area contributed by atoms with Crippen LogP contribution in [0.1, 0.15) is 55.4 Å². The van der Waals surface area contributed by atoms with Gasteiger partial charge < -0.3 is 10.1 Å². The first-order chi connectivity index (χ1) is 7.76. The van der Waals surface area contributed by atoms with Gasteiger partial charge in [0.15, 0.2) is 0 Å². The largest absolute Gasteiger partial charge is 0.444 e. The van der Waals surface area contributed by atoms with E-state index in [1.54, 1.807) is 20.8 Å². The molecule has 0 saturated heterocycles. The normalized spacial score (nSPS) is 13.1. The summed E-state index contributed by atoms with van der Waals surface area (Å²) in [5, 5.41) is 2.65. The minimum atomic E-state index is -0.602. The second-order valence-electron chi connectivity index (χ2n) is 7.32. The van der Waals surface area contributed by atoms with Gasteiger partial charge in [0.1, 0.15) is 11.4 Å². The molecule has 0 aliphatic rings. The molecule has 0 atom stereocenters. The molecule has 0 rings (SSSR count). The van der Waals surface area contributed by atoms with E-state index in [0.29, 0.717) is 0 Å². The van der Waals surface area contributed by atoms with Crippen molar-refractivity contribution in [1.29, 1.82) is 0 Å². The van der Waals surface area contributed by atoms with Crippen LogP contribution in [0, 0.1) is 10.8 Å². The molecule has 0 fully saturated rings. The third-order valence-corrected chi connectivity index (χ3v) is 2.37. The molecule has 0 aromatic carbocycles. The van der Waals surface area contributed by atoms with Crippen molar-refractivity contribution in [3.8, 4) is 0 Å². The number of alkyl carbamates (subject to hydrolysis) is 1. The van der Waals surface area contributed by atoms with E-state index >= 15 is 0 Å². The molecule has 0 heterocycles. The van der Waals surface area contributed by atoms with Crippen molar-refractivity contribution < 1.29 is 14.3 Å². The number of ketones is 1. The first-order valence-corrected chi connectivity index (χ1v) is 6.27. The molecule has 0 bridgehead atoms. The number of Topliss-reactive ketones (excluding diaryl/α,β-unsaturated/α-hetero) is 1. The summed E-state index contributed by atoms with van der Waals surface area (Å²) in [6, 6.07) is 0. The molecule has 4 heteroatoms. The van der Waals surface area contributed by atoms with Gasteiger partial charge in [0.2, 0.25) is 0 Å². The Kier molecular flexibility index (Phi) is 4.98. The Labute approximate surface area is 110 Å². The van der Waals surface area contributed by atoms with Crippen molar-refractivity contribution in [2.45, 2.75) is 61.0 Å². The molecule has 0 aliphatic carbocycles. The van der Waals surface area contributed by atoms with Gasteiger partial charge in [-0.15, -0.1) is 0 Å². The van der Waals surface area contributed by atoms with Crippen molar-refractivity contribution >= 4 is 11.9 Å². The summed E-state index contributed by atoms with van der Waals surface area (Å²) in [5.41, 5.74) is -1.55. The highest BCUT2D eigenvalue weighted by atomic mass is 16.6. The smallest absolute Gasteiger partial charge is 0.407 e. The molecule has 0 aliphatic heterocycles. The molecule has 18 heavy (non-hydrogen) atoms. The second-order valence-corrected chi connectivity index (χ2v) is 7.32. The quantitative estimate of drug-likeness (QED) is 0.845. The van der Waals surface area contributed by atoms with Crippen LogP contribution in [0.15, 0.2) is 0 Å². The van der Waals surface area contributed by atoms with E-state index in [1.165, 1.54) is 0 Å². The van der Waals surface area contributed by atoms with Crippen LogP contribution in [-0.4, -0.2) is 24.0 Å². The lowest BCUT2D eigenvalue weighted by atomic mass is 9.75. The van der Waals surface area contributed by atoms with Crippen LogP contribution < -0.4 is 5.32 Å². The zero-order valence-corrected chi connectivity index (χ0v) is 12.9. The van der Waals surface area contributed by atoms with E-state index in [-0.39, 0.29) is 12.3 Å². The predicted molar refractivity (Wildman–Crippen MR) is 72.5 cm³/mol. The SMILES string of the molecule is CC(C)(C)OC(=O)NCC(C)(C)C(=O)C(C)(C)C. The maximum Gasteiger partial charge on any atom is 0.407 e. The number of rotatable bonds is 3. The molecule has 0 aromatic heterocycles. The van der Waals surface area contributed by atoms with Crippen LogP contribution >= 0.6 is 0 Å². The lowest BCUT2D eigenvalue weighted by Gasteiger charge is -2.31. The lowest BCUT2D eigenvalue weighted by Crippen LogP contribution is -2.45. The molecule has 0 aromatic rings. The summed E-state index contributed by atoms with van der Waals surface area (Å²) in [6.07, 6.45) is -0.489. The van der Waals surface area contributed by atoms with Gasteiger partial charge in [-0.3, -0.25) is 4.79 Å². The fourth-order valence-corrected chi connectivity index (χ4v) is 1.70. The first kappa shape index (κ1) is 16.9. The number of amides is 1. The Hall–Kier alpha value is -1.06. The van der Waals surface area contributed by atoms with Crippen LogP contribution in [-0.2, 0) is 9.53 Å². The van der Waals surface area contributed by atoms with E-state index in [0.717, 1.165) is 0 Å². The van der Waals surface area contributed by atoms with Crippen molar-refractivity contribution in [3.63, 3.8) is 0 Å². The molecule has 0 saturated carbocycles. The summed E-state index contributed by atoms with van der Waals surface area (Å²) < 4.78 is 5.14. The van der Waals surface area contributed by atoms with Crippen LogP contribution in [0.5, 0.6) is 0 Å². The highest BCUT2D eigenvalue weighted by Crippen LogP contribution is 2.28. The van der Waals surface area contributed by atoms with E-state index in [4.69, 9.17) is 4.74 Å². The standard InChI is InChI=1S/C14H27NO3/c1-12(2,3)10(16)14(7,8)9-15-11(17)18-13(4,5)6/h9H2,1-8H3,(H,15,17). The summed E-state index contributed by atoms with van der Waals surface area (Å²) in [5.74, 6) is 0.117. The minimum Gasteiger partial charge on any atom is -0.444 e. The minimum absolute atomic E-state index is 0.117. The number of carbonyl (C=O) groups excluding carboxylic acids is 2. The molecule has 1 amide bonds. The molecular formula is C14H27NO3. The number of carbonyl (C=O) groups is 2. The zero-order chi connectivity index (χ0) is 14.8. The Morgan fingerprint density at radius 1 is 0.944 bits per heavy atom. The predicted octanol–water partition coefficient (Wildman–Crippen LogP) is 3.15. The summed E-state index contributed by atoms with van der Waals surface area (Å²) in [4.78, 5) is 23.7. The fourth-order valence-electron chi connectivity index (χ4n) is 1.70. The fraction of sp³-hybridized carbons (Fsp3) is 0.857. The van der Waals surface area contributed by atoms with E-state index < -0.39 is 22.5 Å². The molecule has 0 spiro atoms. The molecule has 1 N–H and O–H groups in total. The van der Waals surface area contributed by atoms with Gasteiger partial charge in [0.25, 0.3) is 0 Å². The number of ether oxygens (including phenoxy) is 1. The average molecular weight is 257 g/mol. The Bertz CT molecular complexity index is 319. The third-order valence-electron chi connectivity index (χ3n) is 2.37. The first-order valence-electron chi connectivity index (χ1n) is 6.27. The van der Waals surface area contributed by atoms with Crippen molar-refractivity contribution in [3.05, 3.63) is 0 Å². The van der Waals surface area contributed by atoms with E-state index in [2.05, 4.69) is 5.32 Å². The molecule has 106 valence electrons. The Balaban J connectivity index is 4.45. The Morgan fingerprint density at radius 2 is 1.39 bits per heavy atom. The van der Waals surface area contributed by atoms with Gasteiger partial charge in [0.05, 0.1) is 0 Å². The summed E-state index contributed by atoms with van der Waals surface area (Å²) in [7, 11) is 0. The van der Waals surface area contributed by atoms with Gasteiger partial charge >= 0.3 is 6.09 Å². The van der Waals surface area contributed by atoms with Crippen LogP contribution in [0.4, 0.5) is 4.79 Å². The maximum absolute atomic E-state index is 12.2. The van der Waals surface area contributed by atoms with Gasteiger partial charge in [-0.1, -0.05) is 34.6 Å². The topological polar surface area (TPSA) is 55.4 Å². The molecule has 4 nitrogen and oxygen atoms in total. The number of nitrogens with one attached hydrogen (secondary N) is 1. The molecule has 0 radical (unpaired) electrons. The van der Waals surface area contributed by atoms with Gasteiger partial charge in [0, 0.05) is 17.4 Å². The van der Waals surface area contributed by atoms with Gasteiger partial charge in [-0.2, -0.15) is 0 Å². The van der Waals surface area contributed by atoms with Gasteiger partial charge in [-0.25, -0.2) is 4.79 Å².